The number of hydrogen-bond donors (Lipinski definition) is 2. The summed E-state index contributed by atoms with van der Waals surface area (Å²) in [5.74, 6) is 0. The van der Waals surface area contributed by atoms with E-state index in [9.17, 15) is 4.79 Å². The average molecular weight is 329 g/mol. The number of nitrogens with one attached hydrogen (secondary N) is 2. The van der Waals surface area contributed by atoms with Crippen LogP contribution in [0.2, 0.25) is 5.02 Å². The standard InChI is InChI=1S/C12H11BrClN3O/c1-7(8-2-4-9(13)5-3-8)16-10-6-15-17-12(18)11(10)14/h2-7H,1H3,(H2,16,17,18). The predicted molar refractivity (Wildman–Crippen MR) is 76.0 cm³/mol. The first-order valence-corrected chi connectivity index (χ1v) is 6.50. The molecule has 0 spiro atoms. The van der Waals surface area contributed by atoms with E-state index in [-0.39, 0.29) is 11.1 Å². The molecule has 2 aromatic rings. The molecule has 1 heterocycles. The molecule has 0 radical (unpaired) electrons. The second kappa shape index (κ2) is 5.54. The fourth-order valence-corrected chi connectivity index (χ4v) is 1.96. The smallest absolute Gasteiger partial charge is 0.285 e. The molecule has 18 heavy (non-hydrogen) atoms. The zero-order chi connectivity index (χ0) is 13.1. The van der Waals surface area contributed by atoms with Crippen molar-refractivity contribution in [2.45, 2.75) is 13.0 Å². The van der Waals surface area contributed by atoms with Crippen LogP contribution in [-0.4, -0.2) is 10.2 Å². The maximum atomic E-state index is 11.3. The lowest BCUT2D eigenvalue weighted by molar-refractivity contribution is 0.874. The third kappa shape index (κ3) is 2.91. The number of nitrogens with zero attached hydrogens (tertiary/aromatic N) is 1. The van der Waals surface area contributed by atoms with Gasteiger partial charge in [-0.2, -0.15) is 5.10 Å². The van der Waals surface area contributed by atoms with E-state index >= 15 is 0 Å². The molecule has 0 aliphatic rings. The number of anilines is 1. The molecular formula is C12H11BrClN3O. The largest absolute Gasteiger partial charge is 0.376 e. The van der Waals surface area contributed by atoms with Crippen LogP contribution in [0.3, 0.4) is 0 Å². The summed E-state index contributed by atoms with van der Waals surface area (Å²) in [5.41, 5.74) is 1.22. The van der Waals surface area contributed by atoms with Crippen molar-refractivity contribution < 1.29 is 0 Å². The molecule has 2 rings (SSSR count). The monoisotopic (exact) mass is 327 g/mol. The van der Waals surface area contributed by atoms with Crippen LogP contribution in [0.1, 0.15) is 18.5 Å². The fraction of sp³-hybridized carbons (Fsp3) is 0.167. The van der Waals surface area contributed by atoms with Gasteiger partial charge in [-0.1, -0.05) is 39.7 Å². The summed E-state index contributed by atoms with van der Waals surface area (Å²) >= 11 is 9.28. The lowest BCUT2D eigenvalue weighted by Gasteiger charge is -2.15. The Hall–Kier alpha value is -1.33. The van der Waals surface area contributed by atoms with E-state index in [0.717, 1.165) is 10.0 Å². The molecule has 94 valence electrons. The molecule has 6 heteroatoms. The van der Waals surface area contributed by atoms with Crippen LogP contribution in [0.15, 0.2) is 39.7 Å². The molecule has 0 aliphatic heterocycles. The molecule has 2 N–H and O–H groups in total. The number of aromatic amines is 1. The van der Waals surface area contributed by atoms with Gasteiger partial charge in [-0.3, -0.25) is 4.79 Å². The molecule has 1 aromatic heterocycles. The summed E-state index contributed by atoms with van der Waals surface area (Å²) in [6.45, 7) is 1.99. The first-order chi connectivity index (χ1) is 8.58. The van der Waals surface area contributed by atoms with Crippen molar-refractivity contribution in [3.8, 4) is 0 Å². The minimum Gasteiger partial charge on any atom is -0.376 e. The lowest BCUT2D eigenvalue weighted by Crippen LogP contribution is -2.14. The topological polar surface area (TPSA) is 57.8 Å². The highest BCUT2D eigenvalue weighted by Gasteiger charge is 2.09. The third-order valence-electron chi connectivity index (χ3n) is 2.54. The summed E-state index contributed by atoms with van der Waals surface area (Å²) in [5, 5.41) is 9.27. The number of halogens is 2. The highest BCUT2D eigenvalue weighted by Crippen LogP contribution is 2.23. The van der Waals surface area contributed by atoms with Crippen LogP contribution in [0.5, 0.6) is 0 Å². The number of rotatable bonds is 3. The van der Waals surface area contributed by atoms with Gasteiger partial charge in [0.15, 0.2) is 0 Å². The molecule has 0 bridgehead atoms. The first kappa shape index (κ1) is 13.1. The quantitative estimate of drug-likeness (QED) is 0.908. The second-order valence-corrected chi connectivity index (χ2v) is 5.14. The second-order valence-electron chi connectivity index (χ2n) is 3.84. The van der Waals surface area contributed by atoms with E-state index in [1.165, 1.54) is 6.20 Å². The minimum absolute atomic E-state index is 0.0270. The Morgan fingerprint density at radius 2 is 2.06 bits per heavy atom. The number of hydrogen-bond acceptors (Lipinski definition) is 3. The molecule has 0 saturated carbocycles. The summed E-state index contributed by atoms with van der Waals surface area (Å²) in [7, 11) is 0. The van der Waals surface area contributed by atoms with Crippen LogP contribution in [-0.2, 0) is 0 Å². The number of benzene rings is 1. The van der Waals surface area contributed by atoms with Gasteiger partial charge >= 0.3 is 0 Å². The maximum absolute atomic E-state index is 11.3. The van der Waals surface area contributed by atoms with E-state index in [4.69, 9.17) is 11.6 Å². The molecule has 0 fully saturated rings. The molecule has 0 amide bonds. The van der Waals surface area contributed by atoms with Crippen LogP contribution in [0.25, 0.3) is 0 Å². The molecule has 1 unspecified atom stereocenters. The Labute approximate surface area is 118 Å². The van der Waals surface area contributed by atoms with Gasteiger partial charge in [-0.15, -0.1) is 0 Å². The van der Waals surface area contributed by atoms with E-state index in [1.807, 2.05) is 31.2 Å². The molecule has 4 nitrogen and oxygen atoms in total. The summed E-state index contributed by atoms with van der Waals surface area (Å²) in [6, 6.07) is 7.95. The van der Waals surface area contributed by atoms with Gasteiger partial charge in [0.25, 0.3) is 5.56 Å². The highest BCUT2D eigenvalue weighted by atomic mass is 79.9. The molecule has 0 aliphatic carbocycles. The zero-order valence-corrected chi connectivity index (χ0v) is 11.9. The highest BCUT2D eigenvalue weighted by molar-refractivity contribution is 9.10. The number of aromatic nitrogens is 2. The molecular weight excluding hydrogens is 318 g/mol. The molecule has 1 aromatic carbocycles. The van der Waals surface area contributed by atoms with Gasteiger partial charge < -0.3 is 5.32 Å². The van der Waals surface area contributed by atoms with Gasteiger partial charge in [0.2, 0.25) is 0 Å². The Morgan fingerprint density at radius 3 is 2.72 bits per heavy atom. The third-order valence-corrected chi connectivity index (χ3v) is 3.44. The van der Waals surface area contributed by atoms with Gasteiger partial charge in [-0.05, 0) is 24.6 Å². The lowest BCUT2D eigenvalue weighted by atomic mass is 10.1. The van der Waals surface area contributed by atoms with Crippen molar-refractivity contribution >= 4 is 33.2 Å². The van der Waals surface area contributed by atoms with Crippen molar-refractivity contribution in [3.63, 3.8) is 0 Å². The Bertz CT molecular complexity index is 597. The van der Waals surface area contributed by atoms with E-state index in [0.29, 0.717) is 5.69 Å². The van der Waals surface area contributed by atoms with Gasteiger partial charge in [0.05, 0.1) is 11.9 Å². The average Bonchev–Trinajstić information content (AvgIpc) is 2.36. The molecule has 0 saturated heterocycles. The van der Waals surface area contributed by atoms with E-state index < -0.39 is 5.56 Å². The van der Waals surface area contributed by atoms with E-state index in [1.54, 1.807) is 0 Å². The van der Waals surface area contributed by atoms with Crippen molar-refractivity contribution in [2.24, 2.45) is 0 Å². The van der Waals surface area contributed by atoms with Crippen LogP contribution in [0, 0.1) is 0 Å². The van der Waals surface area contributed by atoms with Crippen molar-refractivity contribution in [1.82, 2.24) is 10.2 Å². The molecule has 1 atom stereocenters. The van der Waals surface area contributed by atoms with Crippen molar-refractivity contribution in [3.05, 3.63) is 55.9 Å². The Kier molecular flexibility index (Phi) is 4.04. The van der Waals surface area contributed by atoms with Crippen LogP contribution >= 0.6 is 27.5 Å². The van der Waals surface area contributed by atoms with E-state index in [2.05, 4.69) is 31.4 Å². The Balaban J connectivity index is 2.21. The van der Waals surface area contributed by atoms with Gasteiger partial charge in [0.1, 0.15) is 5.02 Å². The fourth-order valence-electron chi connectivity index (χ4n) is 1.55. The SMILES string of the molecule is CC(Nc1cn[nH]c(=O)c1Cl)c1ccc(Br)cc1. The summed E-state index contributed by atoms with van der Waals surface area (Å²) < 4.78 is 1.02. The predicted octanol–water partition coefficient (Wildman–Crippen LogP) is 3.36. The van der Waals surface area contributed by atoms with Gasteiger partial charge in [-0.25, -0.2) is 5.10 Å². The summed E-state index contributed by atoms with van der Waals surface area (Å²) in [4.78, 5) is 11.3. The minimum atomic E-state index is -0.398. The summed E-state index contributed by atoms with van der Waals surface area (Å²) in [6.07, 6.45) is 1.50. The van der Waals surface area contributed by atoms with Crippen molar-refractivity contribution in [2.75, 3.05) is 5.32 Å². The first-order valence-electron chi connectivity index (χ1n) is 5.33. The normalized spacial score (nSPS) is 12.2. The van der Waals surface area contributed by atoms with Gasteiger partial charge in [0, 0.05) is 10.5 Å². The number of H-pyrrole nitrogens is 1. The van der Waals surface area contributed by atoms with Crippen molar-refractivity contribution in [1.29, 1.82) is 0 Å². The van der Waals surface area contributed by atoms with Crippen LogP contribution in [0.4, 0.5) is 5.69 Å². The zero-order valence-electron chi connectivity index (χ0n) is 9.58. The Morgan fingerprint density at radius 1 is 1.39 bits per heavy atom. The van der Waals surface area contributed by atoms with Crippen LogP contribution < -0.4 is 10.9 Å². The maximum Gasteiger partial charge on any atom is 0.285 e.